The van der Waals surface area contributed by atoms with Gasteiger partial charge in [0.25, 0.3) is 0 Å². The normalized spacial score (nSPS) is 11.1. The molecule has 0 aliphatic carbocycles. The Morgan fingerprint density at radius 3 is 2.58 bits per heavy atom. The molecule has 96 valence electrons. The molecule has 0 fully saturated rings. The Hall–Kier alpha value is -2.16. The van der Waals surface area contributed by atoms with Crippen molar-refractivity contribution >= 4 is 22.1 Å². The minimum atomic E-state index is 0.673. The summed E-state index contributed by atoms with van der Waals surface area (Å²) in [7, 11) is 0. The molecule has 0 saturated carbocycles. The molecule has 0 amide bonds. The summed E-state index contributed by atoms with van der Waals surface area (Å²) in [6.45, 7) is 5.74. The van der Waals surface area contributed by atoms with Crippen LogP contribution >= 0.6 is 0 Å². The third-order valence-electron chi connectivity index (χ3n) is 3.28. The van der Waals surface area contributed by atoms with Crippen LogP contribution in [0.25, 0.3) is 22.1 Å². The minimum absolute atomic E-state index is 0.673. The molecule has 1 heterocycles. The van der Waals surface area contributed by atoms with E-state index in [1.165, 1.54) is 5.52 Å². The number of fused-ring (bicyclic) bond motifs is 2. The van der Waals surface area contributed by atoms with Gasteiger partial charge in [0, 0.05) is 18.2 Å². The maximum absolute atomic E-state index is 5.55. The van der Waals surface area contributed by atoms with Crippen LogP contribution < -0.4 is 9.30 Å². The Balaban J connectivity index is 2.34. The van der Waals surface area contributed by atoms with Gasteiger partial charge in [-0.1, -0.05) is 12.1 Å². The predicted octanol–water partition coefficient (Wildman–Crippen LogP) is 3.09. The second-order valence-electron chi connectivity index (χ2n) is 4.43. The van der Waals surface area contributed by atoms with Gasteiger partial charge in [-0.3, -0.25) is 0 Å². The van der Waals surface area contributed by atoms with Crippen molar-refractivity contribution in [2.24, 2.45) is 0 Å². The molecule has 0 bridgehead atoms. The predicted molar refractivity (Wildman–Crippen MR) is 76.3 cm³/mol. The summed E-state index contributed by atoms with van der Waals surface area (Å²) in [6.07, 6.45) is 0. The van der Waals surface area contributed by atoms with Crippen LogP contribution in [-0.2, 0) is 6.54 Å². The number of nitrogens with zero attached hydrogens (tertiary/aromatic N) is 2. The Morgan fingerprint density at radius 2 is 1.79 bits per heavy atom. The summed E-state index contributed by atoms with van der Waals surface area (Å²) in [5.41, 5.74) is 4.31. The van der Waals surface area contributed by atoms with E-state index in [1.807, 2.05) is 31.2 Å². The number of rotatable bonds is 3. The molecule has 3 aromatic rings. The molecule has 2 aromatic carbocycles. The molecule has 3 nitrogen and oxygen atoms in total. The summed E-state index contributed by atoms with van der Waals surface area (Å²) in [5, 5.41) is 0. The molecule has 1 aromatic heterocycles. The SMILES string of the molecule is CCOc1ccc2c(c1)nc1ccccc1[n+]2CC. The van der Waals surface area contributed by atoms with Crippen LogP contribution in [-0.4, -0.2) is 11.6 Å². The van der Waals surface area contributed by atoms with Crippen LogP contribution in [0.2, 0.25) is 0 Å². The number of para-hydroxylation sites is 2. The fraction of sp³-hybridized carbons (Fsp3) is 0.250. The molecule has 0 aliphatic heterocycles. The van der Waals surface area contributed by atoms with E-state index in [0.717, 1.165) is 28.8 Å². The first-order valence-electron chi connectivity index (χ1n) is 6.68. The molecular weight excluding hydrogens is 236 g/mol. The third kappa shape index (κ3) is 2.01. The Labute approximate surface area is 112 Å². The van der Waals surface area contributed by atoms with Crippen LogP contribution in [0.4, 0.5) is 0 Å². The van der Waals surface area contributed by atoms with Gasteiger partial charge < -0.3 is 4.74 Å². The zero-order valence-electron chi connectivity index (χ0n) is 11.3. The van der Waals surface area contributed by atoms with Crippen molar-refractivity contribution in [3.05, 3.63) is 42.5 Å². The molecule has 3 rings (SSSR count). The van der Waals surface area contributed by atoms with Gasteiger partial charge in [0.05, 0.1) is 6.61 Å². The van der Waals surface area contributed by atoms with E-state index in [0.29, 0.717) is 6.61 Å². The highest BCUT2D eigenvalue weighted by Gasteiger charge is 2.14. The Kier molecular flexibility index (Phi) is 3.03. The van der Waals surface area contributed by atoms with Gasteiger partial charge in [0.1, 0.15) is 23.3 Å². The number of benzene rings is 2. The highest BCUT2D eigenvalue weighted by Crippen LogP contribution is 2.19. The van der Waals surface area contributed by atoms with Crippen molar-refractivity contribution < 1.29 is 9.30 Å². The standard InChI is InChI=1S/C16H17N2O/c1-3-18-15-8-6-5-7-13(15)17-14-11-12(19-4-2)9-10-16(14)18/h5-11H,3-4H2,1-2H3/q+1. The number of aromatic nitrogens is 2. The van der Waals surface area contributed by atoms with Gasteiger partial charge in [-0.05, 0) is 26.0 Å². The molecular formula is C16H17N2O+. The topological polar surface area (TPSA) is 26.0 Å². The summed E-state index contributed by atoms with van der Waals surface area (Å²) in [6, 6.07) is 14.3. The molecule has 0 spiro atoms. The Morgan fingerprint density at radius 1 is 1.00 bits per heavy atom. The second-order valence-corrected chi connectivity index (χ2v) is 4.43. The highest BCUT2D eigenvalue weighted by molar-refractivity contribution is 5.82. The highest BCUT2D eigenvalue weighted by atomic mass is 16.5. The van der Waals surface area contributed by atoms with Crippen molar-refractivity contribution in [1.29, 1.82) is 0 Å². The lowest BCUT2D eigenvalue weighted by atomic mass is 10.2. The molecule has 19 heavy (non-hydrogen) atoms. The monoisotopic (exact) mass is 253 g/mol. The number of hydrogen-bond acceptors (Lipinski definition) is 2. The summed E-state index contributed by atoms with van der Waals surface area (Å²) in [5.74, 6) is 0.875. The number of hydrogen-bond donors (Lipinski definition) is 0. The van der Waals surface area contributed by atoms with E-state index in [9.17, 15) is 0 Å². The third-order valence-corrected chi connectivity index (χ3v) is 3.28. The molecule has 0 unspecified atom stereocenters. The van der Waals surface area contributed by atoms with Gasteiger partial charge >= 0.3 is 0 Å². The van der Waals surface area contributed by atoms with Gasteiger partial charge in [-0.25, -0.2) is 4.98 Å². The summed E-state index contributed by atoms with van der Waals surface area (Å²) in [4.78, 5) is 4.73. The van der Waals surface area contributed by atoms with Gasteiger partial charge in [-0.2, -0.15) is 4.57 Å². The molecule has 3 heteroatoms. The first-order chi connectivity index (χ1) is 9.33. The second kappa shape index (κ2) is 4.84. The lowest BCUT2D eigenvalue weighted by molar-refractivity contribution is -0.641. The zero-order valence-corrected chi connectivity index (χ0v) is 11.3. The van der Waals surface area contributed by atoms with Crippen LogP contribution in [0.5, 0.6) is 5.75 Å². The molecule has 0 N–H and O–H groups in total. The van der Waals surface area contributed by atoms with Crippen LogP contribution in [0.3, 0.4) is 0 Å². The Bertz CT molecular complexity index is 737. The van der Waals surface area contributed by atoms with Crippen LogP contribution in [0, 0.1) is 0 Å². The maximum atomic E-state index is 5.55. The van der Waals surface area contributed by atoms with Crippen molar-refractivity contribution in [3.63, 3.8) is 0 Å². The van der Waals surface area contributed by atoms with E-state index in [1.54, 1.807) is 0 Å². The number of aryl methyl sites for hydroxylation is 1. The number of ether oxygens (including phenoxy) is 1. The quantitative estimate of drug-likeness (QED) is 0.529. The molecule has 0 aliphatic rings. The maximum Gasteiger partial charge on any atom is 0.231 e. The van der Waals surface area contributed by atoms with E-state index >= 15 is 0 Å². The lowest BCUT2D eigenvalue weighted by Crippen LogP contribution is -2.34. The first-order valence-corrected chi connectivity index (χ1v) is 6.68. The van der Waals surface area contributed by atoms with E-state index in [4.69, 9.17) is 9.72 Å². The average Bonchev–Trinajstić information content (AvgIpc) is 2.45. The van der Waals surface area contributed by atoms with E-state index < -0.39 is 0 Å². The smallest absolute Gasteiger partial charge is 0.231 e. The fourth-order valence-electron chi connectivity index (χ4n) is 2.46. The largest absolute Gasteiger partial charge is 0.494 e. The summed E-state index contributed by atoms with van der Waals surface area (Å²) < 4.78 is 7.84. The van der Waals surface area contributed by atoms with Crippen molar-refractivity contribution in [3.8, 4) is 5.75 Å². The van der Waals surface area contributed by atoms with E-state index in [-0.39, 0.29) is 0 Å². The minimum Gasteiger partial charge on any atom is -0.494 e. The lowest BCUT2D eigenvalue weighted by Gasteiger charge is -2.06. The van der Waals surface area contributed by atoms with Gasteiger partial charge in [0.15, 0.2) is 0 Å². The van der Waals surface area contributed by atoms with Gasteiger partial charge in [-0.15, -0.1) is 0 Å². The van der Waals surface area contributed by atoms with Crippen molar-refractivity contribution in [2.75, 3.05) is 6.61 Å². The summed E-state index contributed by atoms with van der Waals surface area (Å²) >= 11 is 0. The molecule has 0 radical (unpaired) electrons. The van der Waals surface area contributed by atoms with Crippen molar-refractivity contribution in [2.45, 2.75) is 20.4 Å². The van der Waals surface area contributed by atoms with Crippen molar-refractivity contribution in [1.82, 2.24) is 4.98 Å². The van der Waals surface area contributed by atoms with Crippen LogP contribution in [0.15, 0.2) is 42.5 Å². The molecule has 0 atom stereocenters. The van der Waals surface area contributed by atoms with E-state index in [2.05, 4.69) is 29.7 Å². The fourth-order valence-corrected chi connectivity index (χ4v) is 2.46. The van der Waals surface area contributed by atoms with Crippen LogP contribution in [0.1, 0.15) is 13.8 Å². The zero-order chi connectivity index (χ0) is 13.2. The molecule has 0 saturated heterocycles. The first kappa shape index (κ1) is 11.9. The average molecular weight is 253 g/mol. The van der Waals surface area contributed by atoms with Gasteiger partial charge in [0.2, 0.25) is 11.0 Å².